The summed E-state index contributed by atoms with van der Waals surface area (Å²) in [6.45, 7) is 2.05. The number of nitrogens with zero attached hydrogens (tertiary/aromatic N) is 3. The second-order valence-electron chi connectivity index (χ2n) is 6.04. The van der Waals surface area contributed by atoms with Crippen LogP contribution < -0.4 is 5.73 Å². The van der Waals surface area contributed by atoms with Crippen molar-refractivity contribution in [3.8, 4) is 22.4 Å². The van der Waals surface area contributed by atoms with Gasteiger partial charge in [-0.25, -0.2) is 15.0 Å². The highest BCUT2D eigenvalue weighted by Crippen LogP contribution is 2.36. The molecule has 4 nitrogen and oxygen atoms in total. The Morgan fingerprint density at radius 2 is 1.54 bits per heavy atom. The van der Waals surface area contributed by atoms with E-state index >= 15 is 0 Å². The molecule has 0 aliphatic heterocycles. The summed E-state index contributed by atoms with van der Waals surface area (Å²) in [4.78, 5) is 13.1. The van der Waals surface area contributed by atoms with Crippen molar-refractivity contribution in [2.75, 3.05) is 5.73 Å². The highest BCUT2D eigenvalue weighted by atomic mass is 35.5. The van der Waals surface area contributed by atoms with E-state index < -0.39 is 0 Å². The molecule has 26 heavy (non-hydrogen) atoms. The van der Waals surface area contributed by atoms with Gasteiger partial charge in [0.2, 0.25) is 0 Å². The van der Waals surface area contributed by atoms with E-state index in [0.717, 1.165) is 22.4 Å². The largest absolute Gasteiger partial charge is 0.383 e. The van der Waals surface area contributed by atoms with Crippen LogP contribution in [0.5, 0.6) is 0 Å². The number of anilines is 1. The van der Waals surface area contributed by atoms with Gasteiger partial charge in [0.05, 0.1) is 11.1 Å². The Balaban J connectivity index is 2.06. The fraction of sp³-hybridized carbons (Fsp3) is 0.0500. The molecule has 0 radical (unpaired) electrons. The number of nitrogens with two attached hydrogens (primary N) is 1. The molecule has 0 unspecified atom stereocenters. The number of fused-ring (bicyclic) bond motifs is 1. The van der Waals surface area contributed by atoms with E-state index in [1.54, 1.807) is 6.07 Å². The van der Waals surface area contributed by atoms with Crippen molar-refractivity contribution < 1.29 is 0 Å². The van der Waals surface area contributed by atoms with Crippen LogP contribution in [0.25, 0.3) is 33.4 Å². The minimum absolute atomic E-state index is 0.395. The average Bonchev–Trinajstić information content (AvgIpc) is 2.61. The first-order valence-corrected chi connectivity index (χ1v) is 8.71. The van der Waals surface area contributed by atoms with Crippen LogP contribution in [-0.4, -0.2) is 15.0 Å². The van der Waals surface area contributed by atoms with E-state index in [2.05, 4.69) is 22.1 Å². The number of hydrogen-bond acceptors (Lipinski definition) is 4. The molecule has 2 aromatic heterocycles. The van der Waals surface area contributed by atoms with Crippen LogP contribution in [-0.2, 0) is 0 Å². The van der Waals surface area contributed by atoms with Crippen LogP contribution in [0.15, 0.2) is 54.9 Å². The number of benzene rings is 2. The minimum atomic E-state index is 0.395. The minimum Gasteiger partial charge on any atom is -0.383 e. The van der Waals surface area contributed by atoms with Crippen molar-refractivity contribution in [3.63, 3.8) is 0 Å². The SMILES string of the molecule is Cc1ccc(-c2cc3c(N)ncnc3nc2-c2cc(Cl)cc(Cl)c2)cc1. The first-order valence-electron chi connectivity index (χ1n) is 7.96. The van der Waals surface area contributed by atoms with Crippen molar-refractivity contribution in [2.24, 2.45) is 0 Å². The molecular formula is C20H14Cl2N4. The second-order valence-corrected chi connectivity index (χ2v) is 6.91. The van der Waals surface area contributed by atoms with E-state index in [-0.39, 0.29) is 0 Å². The van der Waals surface area contributed by atoms with Gasteiger partial charge < -0.3 is 5.73 Å². The van der Waals surface area contributed by atoms with E-state index in [4.69, 9.17) is 33.9 Å². The Hall–Kier alpha value is -2.69. The number of aromatic nitrogens is 3. The smallest absolute Gasteiger partial charge is 0.165 e. The van der Waals surface area contributed by atoms with Gasteiger partial charge in [-0.2, -0.15) is 0 Å². The Morgan fingerprint density at radius 3 is 2.23 bits per heavy atom. The molecule has 2 N–H and O–H groups in total. The van der Waals surface area contributed by atoms with Gasteiger partial charge in [0.1, 0.15) is 12.1 Å². The number of hydrogen-bond donors (Lipinski definition) is 1. The van der Waals surface area contributed by atoms with E-state index in [1.165, 1.54) is 11.9 Å². The lowest BCUT2D eigenvalue weighted by atomic mass is 9.97. The molecule has 0 saturated carbocycles. The molecule has 6 heteroatoms. The molecule has 4 aromatic rings. The highest BCUT2D eigenvalue weighted by Gasteiger charge is 2.15. The highest BCUT2D eigenvalue weighted by molar-refractivity contribution is 6.35. The van der Waals surface area contributed by atoms with Gasteiger partial charge in [-0.1, -0.05) is 53.0 Å². The molecular weight excluding hydrogens is 367 g/mol. The summed E-state index contributed by atoms with van der Waals surface area (Å²) in [5, 5.41) is 1.80. The molecule has 0 amide bonds. The van der Waals surface area contributed by atoms with Crippen molar-refractivity contribution in [3.05, 3.63) is 70.5 Å². The summed E-state index contributed by atoms with van der Waals surface area (Å²) in [7, 11) is 0. The number of pyridine rings is 1. The number of rotatable bonds is 2. The predicted octanol–water partition coefficient (Wildman–Crippen LogP) is 5.56. The molecule has 0 spiro atoms. The zero-order valence-corrected chi connectivity index (χ0v) is 15.4. The molecule has 128 valence electrons. The Kier molecular flexibility index (Phi) is 4.23. The molecule has 0 bridgehead atoms. The first kappa shape index (κ1) is 16.8. The lowest BCUT2D eigenvalue weighted by Gasteiger charge is -2.12. The topological polar surface area (TPSA) is 64.7 Å². The summed E-state index contributed by atoms with van der Waals surface area (Å²) in [5.41, 5.74) is 11.2. The van der Waals surface area contributed by atoms with Crippen LogP contribution in [0.3, 0.4) is 0 Å². The Labute approximate surface area is 160 Å². The second kappa shape index (κ2) is 6.56. The van der Waals surface area contributed by atoms with Gasteiger partial charge in [0.15, 0.2) is 5.65 Å². The fourth-order valence-corrected chi connectivity index (χ4v) is 3.40. The normalized spacial score (nSPS) is 11.0. The van der Waals surface area contributed by atoms with Gasteiger partial charge in [0, 0.05) is 21.2 Å². The summed E-state index contributed by atoms with van der Waals surface area (Å²) in [6.07, 6.45) is 1.41. The van der Waals surface area contributed by atoms with Crippen LogP contribution in [0.2, 0.25) is 10.0 Å². The quantitative estimate of drug-likeness (QED) is 0.494. The maximum absolute atomic E-state index is 6.20. The zero-order valence-electron chi connectivity index (χ0n) is 13.9. The lowest BCUT2D eigenvalue weighted by molar-refractivity contribution is 1.19. The van der Waals surface area contributed by atoms with Crippen LogP contribution in [0.1, 0.15) is 5.56 Å². The van der Waals surface area contributed by atoms with Crippen LogP contribution in [0.4, 0.5) is 5.82 Å². The van der Waals surface area contributed by atoms with E-state index in [1.807, 2.05) is 37.3 Å². The maximum Gasteiger partial charge on any atom is 0.165 e. The third kappa shape index (κ3) is 3.09. The summed E-state index contributed by atoms with van der Waals surface area (Å²) >= 11 is 12.4. The summed E-state index contributed by atoms with van der Waals surface area (Å²) in [6, 6.07) is 15.5. The van der Waals surface area contributed by atoms with Crippen molar-refractivity contribution in [2.45, 2.75) is 6.92 Å². The third-order valence-corrected chi connectivity index (χ3v) is 4.59. The zero-order chi connectivity index (χ0) is 18.3. The molecule has 2 aromatic carbocycles. The molecule has 0 fully saturated rings. The monoisotopic (exact) mass is 380 g/mol. The number of nitrogen functional groups attached to an aromatic ring is 1. The lowest BCUT2D eigenvalue weighted by Crippen LogP contribution is -1.98. The summed E-state index contributed by atoms with van der Waals surface area (Å²) in [5.74, 6) is 0.395. The van der Waals surface area contributed by atoms with Crippen LogP contribution >= 0.6 is 23.2 Å². The molecule has 2 heterocycles. The van der Waals surface area contributed by atoms with E-state index in [0.29, 0.717) is 26.9 Å². The van der Waals surface area contributed by atoms with Gasteiger partial charge in [0.25, 0.3) is 0 Å². The van der Waals surface area contributed by atoms with Crippen molar-refractivity contribution in [1.29, 1.82) is 0 Å². The van der Waals surface area contributed by atoms with Crippen molar-refractivity contribution >= 4 is 40.1 Å². The third-order valence-electron chi connectivity index (χ3n) is 4.15. The molecule has 4 rings (SSSR count). The maximum atomic E-state index is 6.20. The molecule has 0 aliphatic carbocycles. The van der Waals surface area contributed by atoms with Crippen LogP contribution in [0, 0.1) is 6.92 Å². The van der Waals surface area contributed by atoms with E-state index in [9.17, 15) is 0 Å². The first-order chi connectivity index (χ1) is 12.5. The Morgan fingerprint density at radius 1 is 0.846 bits per heavy atom. The van der Waals surface area contributed by atoms with Crippen molar-refractivity contribution in [1.82, 2.24) is 15.0 Å². The Bertz CT molecular complexity index is 1100. The van der Waals surface area contributed by atoms with Gasteiger partial charge >= 0.3 is 0 Å². The van der Waals surface area contributed by atoms with Gasteiger partial charge in [-0.3, -0.25) is 0 Å². The standard InChI is InChI=1S/C20H14Cl2N4/c1-11-2-4-12(5-3-11)16-9-17-19(23)24-10-25-20(17)26-18(16)13-6-14(21)8-15(22)7-13/h2-10H,1H3,(H2,23,24,25,26). The molecule has 0 atom stereocenters. The average molecular weight is 381 g/mol. The van der Waals surface area contributed by atoms with Gasteiger partial charge in [-0.15, -0.1) is 0 Å². The predicted molar refractivity (Wildman–Crippen MR) is 107 cm³/mol. The fourth-order valence-electron chi connectivity index (χ4n) is 2.87. The molecule has 0 saturated heterocycles. The van der Waals surface area contributed by atoms with Gasteiger partial charge in [-0.05, 0) is 36.8 Å². The molecule has 0 aliphatic rings. The summed E-state index contributed by atoms with van der Waals surface area (Å²) < 4.78 is 0. The number of halogens is 2. The number of aryl methyl sites for hydroxylation is 1.